The molecule has 0 unspecified atom stereocenters. The Morgan fingerprint density at radius 3 is 1.65 bits per heavy atom. The molecular weight excluding hydrogens is 308 g/mol. The lowest BCUT2D eigenvalue weighted by molar-refractivity contribution is -0.127. The molecule has 5 heteroatoms. The first-order valence-electron chi connectivity index (χ1n) is 7.51. The van der Waals surface area contributed by atoms with Crippen molar-refractivity contribution in [2.24, 2.45) is 5.92 Å². The number of carbonyl (C=O) groups is 2. The molecule has 23 heavy (non-hydrogen) atoms. The predicted molar refractivity (Wildman–Crippen MR) is 94.3 cm³/mol. The van der Waals surface area contributed by atoms with Crippen LogP contribution >= 0.6 is 11.8 Å². The summed E-state index contributed by atoms with van der Waals surface area (Å²) in [7, 11) is 0. The number of carbonyl (C=O) groups excluding carboxylic acids is 2. The highest BCUT2D eigenvalue weighted by Gasteiger charge is 2.46. The van der Waals surface area contributed by atoms with Crippen LogP contribution in [-0.4, -0.2) is 23.8 Å². The van der Waals surface area contributed by atoms with Crippen LogP contribution in [0.25, 0.3) is 0 Å². The zero-order valence-electron chi connectivity index (χ0n) is 12.9. The average Bonchev–Trinajstić information content (AvgIpc) is 2.85. The molecule has 0 saturated carbocycles. The van der Waals surface area contributed by atoms with Crippen LogP contribution in [0.15, 0.2) is 60.7 Å². The quantitative estimate of drug-likeness (QED) is 0.791. The number of para-hydroxylation sites is 2. The lowest BCUT2D eigenvalue weighted by Crippen LogP contribution is -2.41. The minimum Gasteiger partial charge on any atom is -0.272 e. The van der Waals surface area contributed by atoms with Crippen molar-refractivity contribution in [2.75, 3.05) is 22.0 Å². The average molecular weight is 326 g/mol. The Morgan fingerprint density at radius 1 is 0.826 bits per heavy atom. The van der Waals surface area contributed by atoms with E-state index in [2.05, 4.69) is 0 Å². The maximum Gasteiger partial charge on any atom is 0.258 e. The number of hydrogen-bond donors (Lipinski definition) is 0. The van der Waals surface area contributed by atoms with Gasteiger partial charge in [-0.15, -0.1) is 0 Å². The number of benzene rings is 2. The van der Waals surface area contributed by atoms with Gasteiger partial charge in [-0.05, 0) is 42.7 Å². The number of hydrogen-bond acceptors (Lipinski definition) is 3. The van der Waals surface area contributed by atoms with Crippen molar-refractivity contribution < 1.29 is 9.59 Å². The molecule has 1 saturated heterocycles. The summed E-state index contributed by atoms with van der Waals surface area (Å²) in [5.74, 6) is -0.131. The third-order valence-corrected chi connectivity index (χ3v) is 4.47. The maximum atomic E-state index is 12.9. The highest BCUT2D eigenvalue weighted by atomic mass is 32.2. The summed E-state index contributed by atoms with van der Waals surface area (Å²) in [6, 6.07) is 18.6. The molecule has 0 spiro atoms. The number of nitrogens with zero attached hydrogens (tertiary/aromatic N) is 2. The molecule has 0 atom stereocenters. The molecule has 118 valence electrons. The number of rotatable bonds is 5. The van der Waals surface area contributed by atoms with Crippen molar-refractivity contribution >= 4 is 35.0 Å². The second kappa shape index (κ2) is 6.87. The normalized spacial score (nSPS) is 15.5. The van der Waals surface area contributed by atoms with Gasteiger partial charge in [0, 0.05) is 0 Å². The molecule has 1 fully saturated rings. The summed E-state index contributed by atoms with van der Waals surface area (Å²) < 4.78 is 0. The molecule has 2 amide bonds. The summed E-state index contributed by atoms with van der Waals surface area (Å²) in [5, 5.41) is 3.01. The first-order chi connectivity index (χ1) is 11.2. The topological polar surface area (TPSA) is 40.6 Å². The third-order valence-electron chi connectivity index (χ3n) is 3.83. The van der Waals surface area contributed by atoms with E-state index in [9.17, 15) is 9.59 Å². The Hall–Kier alpha value is -2.27. The Kier molecular flexibility index (Phi) is 4.67. The first-order valence-corrected chi connectivity index (χ1v) is 8.90. The standard InChI is InChI=1S/C18H18N2O2S/c1-23-13-12-16-17(21)19(14-8-4-2-5-9-14)20(18(16)22)15-10-6-3-7-11-15/h2-11,16H,12-13H2,1H3. The number of anilines is 2. The van der Waals surface area contributed by atoms with Crippen LogP contribution in [0.5, 0.6) is 0 Å². The molecule has 1 aliphatic heterocycles. The molecule has 1 aliphatic rings. The van der Waals surface area contributed by atoms with E-state index in [1.165, 1.54) is 10.0 Å². The van der Waals surface area contributed by atoms with Gasteiger partial charge in [0.15, 0.2) is 0 Å². The predicted octanol–water partition coefficient (Wildman–Crippen LogP) is 3.35. The molecule has 0 aliphatic carbocycles. The molecule has 4 nitrogen and oxygen atoms in total. The van der Waals surface area contributed by atoms with Crippen molar-refractivity contribution in [3.05, 3.63) is 60.7 Å². The van der Waals surface area contributed by atoms with Crippen LogP contribution in [0.4, 0.5) is 11.4 Å². The van der Waals surface area contributed by atoms with Crippen LogP contribution in [0.1, 0.15) is 6.42 Å². The van der Waals surface area contributed by atoms with Gasteiger partial charge >= 0.3 is 0 Å². The zero-order chi connectivity index (χ0) is 16.2. The van der Waals surface area contributed by atoms with Gasteiger partial charge in [0.2, 0.25) is 0 Å². The van der Waals surface area contributed by atoms with Crippen molar-refractivity contribution in [3.63, 3.8) is 0 Å². The molecule has 2 aromatic rings. The van der Waals surface area contributed by atoms with Crippen LogP contribution < -0.4 is 10.0 Å². The summed E-state index contributed by atoms with van der Waals surface area (Å²) in [6.45, 7) is 0. The van der Waals surface area contributed by atoms with Crippen LogP contribution in [0, 0.1) is 5.92 Å². The van der Waals surface area contributed by atoms with E-state index in [-0.39, 0.29) is 11.8 Å². The van der Waals surface area contributed by atoms with Gasteiger partial charge < -0.3 is 0 Å². The number of hydrazine groups is 1. The van der Waals surface area contributed by atoms with Gasteiger partial charge in [0.05, 0.1) is 11.4 Å². The van der Waals surface area contributed by atoms with Crippen molar-refractivity contribution in [2.45, 2.75) is 6.42 Å². The summed E-state index contributed by atoms with van der Waals surface area (Å²) >= 11 is 1.65. The first kappa shape index (κ1) is 15.6. The van der Waals surface area contributed by atoms with Gasteiger partial charge in [0.1, 0.15) is 5.92 Å². The Balaban J connectivity index is 2.02. The summed E-state index contributed by atoms with van der Waals surface area (Å²) in [6.07, 6.45) is 2.54. The molecule has 0 aromatic heterocycles. The highest BCUT2D eigenvalue weighted by Crippen LogP contribution is 2.33. The van der Waals surface area contributed by atoms with E-state index >= 15 is 0 Å². The largest absolute Gasteiger partial charge is 0.272 e. The highest BCUT2D eigenvalue weighted by molar-refractivity contribution is 7.98. The molecule has 0 N–H and O–H groups in total. The molecule has 1 heterocycles. The molecule has 0 radical (unpaired) electrons. The van der Waals surface area contributed by atoms with E-state index in [1.807, 2.05) is 66.9 Å². The van der Waals surface area contributed by atoms with Gasteiger partial charge in [-0.3, -0.25) is 9.59 Å². The van der Waals surface area contributed by atoms with Gasteiger partial charge in [0.25, 0.3) is 11.8 Å². The summed E-state index contributed by atoms with van der Waals surface area (Å²) in [4.78, 5) is 25.7. The van der Waals surface area contributed by atoms with Gasteiger partial charge in [-0.1, -0.05) is 36.4 Å². The number of amides is 2. The second-order valence-corrected chi connectivity index (χ2v) is 6.29. The summed E-state index contributed by atoms with van der Waals surface area (Å²) in [5.41, 5.74) is 1.42. The van der Waals surface area contributed by atoms with Gasteiger partial charge in [-0.25, -0.2) is 10.0 Å². The lowest BCUT2D eigenvalue weighted by Gasteiger charge is -2.27. The smallest absolute Gasteiger partial charge is 0.258 e. The van der Waals surface area contributed by atoms with E-state index < -0.39 is 5.92 Å². The van der Waals surface area contributed by atoms with Crippen LogP contribution in [0.2, 0.25) is 0 Å². The third kappa shape index (κ3) is 2.97. The van der Waals surface area contributed by atoms with Crippen LogP contribution in [0.3, 0.4) is 0 Å². The fraction of sp³-hybridized carbons (Fsp3) is 0.222. The minimum atomic E-state index is -0.608. The lowest BCUT2D eigenvalue weighted by atomic mass is 10.1. The van der Waals surface area contributed by atoms with E-state index in [0.717, 1.165) is 5.75 Å². The fourth-order valence-corrected chi connectivity index (χ4v) is 3.18. The molecular formula is C18H18N2O2S. The second-order valence-electron chi connectivity index (χ2n) is 5.31. The molecule has 3 rings (SSSR count). The number of thioether (sulfide) groups is 1. The van der Waals surface area contributed by atoms with Crippen molar-refractivity contribution in [1.82, 2.24) is 0 Å². The minimum absolute atomic E-state index is 0.154. The zero-order valence-corrected chi connectivity index (χ0v) is 13.7. The van der Waals surface area contributed by atoms with E-state index in [4.69, 9.17) is 0 Å². The maximum absolute atomic E-state index is 12.9. The van der Waals surface area contributed by atoms with E-state index in [0.29, 0.717) is 17.8 Å². The monoisotopic (exact) mass is 326 g/mol. The Morgan fingerprint density at radius 2 is 1.26 bits per heavy atom. The molecule has 0 bridgehead atoms. The SMILES string of the molecule is CSCCC1C(=O)N(c2ccccc2)N(c2ccccc2)C1=O. The van der Waals surface area contributed by atoms with Crippen molar-refractivity contribution in [1.29, 1.82) is 0 Å². The fourth-order valence-electron chi connectivity index (χ4n) is 2.70. The van der Waals surface area contributed by atoms with E-state index in [1.54, 1.807) is 11.8 Å². The molecule has 2 aromatic carbocycles. The Labute approximate surface area is 140 Å². The Bertz CT molecular complexity index is 633. The van der Waals surface area contributed by atoms with Gasteiger partial charge in [-0.2, -0.15) is 11.8 Å². The van der Waals surface area contributed by atoms with Crippen molar-refractivity contribution in [3.8, 4) is 0 Å². The van der Waals surface area contributed by atoms with Crippen LogP contribution in [-0.2, 0) is 9.59 Å².